The smallest absolute Gasteiger partial charge is 0.416 e. The second-order valence-corrected chi connectivity index (χ2v) is 5.47. The predicted octanol–water partition coefficient (Wildman–Crippen LogP) is 3.23. The Morgan fingerprint density at radius 2 is 2.16 bits per heavy atom. The van der Waals surface area contributed by atoms with Crippen LogP contribution in [0.2, 0.25) is 0 Å². The lowest BCUT2D eigenvalue weighted by atomic mass is 9.83. The normalized spacial score (nSPS) is 26.9. The van der Waals surface area contributed by atoms with E-state index in [1.54, 1.807) is 6.92 Å². The van der Waals surface area contributed by atoms with Crippen LogP contribution < -0.4 is 0 Å². The first kappa shape index (κ1) is 15.7. The molecule has 1 rings (SSSR count). The van der Waals surface area contributed by atoms with Crippen molar-refractivity contribution in [2.75, 3.05) is 6.61 Å². The van der Waals surface area contributed by atoms with Gasteiger partial charge in [0.25, 0.3) is 0 Å². The van der Waals surface area contributed by atoms with Crippen LogP contribution in [0.4, 0.5) is 4.79 Å². The first-order valence-corrected chi connectivity index (χ1v) is 7.06. The zero-order valence-corrected chi connectivity index (χ0v) is 12.4. The molecule has 4 nitrogen and oxygen atoms in total. The van der Waals surface area contributed by atoms with Crippen LogP contribution in [-0.4, -0.2) is 29.5 Å². The van der Waals surface area contributed by atoms with Crippen LogP contribution in [0.25, 0.3) is 0 Å². The maximum absolute atomic E-state index is 12.4. The summed E-state index contributed by atoms with van der Waals surface area (Å²) in [6.07, 6.45) is 2.88. The Kier molecular flexibility index (Phi) is 5.58. The van der Waals surface area contributed by atoms with Crippen LogP contribution in [0.3, 0.4) is 0 Å². The minimum absolute atomic E-state index is 0.0723. The van der Waals surface area contributed by atoms with E-state index >= 15 is 0 Å². The van der Waals surface area contributed by atoms with E-state index in [1.807, 2.05) is 19.9 Å². The molecule has 3 atom stereocenters. The van der Waals surface area contributed by atoms with Gasteiger partial charge in [-0.25, -0.2) is 9.69 Å². The molecular formula is C15H25NO3. The van der Waals surface area contributed by atoms with Gasteiger partial charge in [-0.15, -0.1) is 6.58 Å². The van der Waals surface area contributed by atoms with Crippen molar-refractivity contribution >= 4 is 12.0 Å². The molecular weight excluding hydrogens is 242 g/mol. The van der Waals surface area contributed by atoms with E-state index in [1.165, 1.54) is 4.90 Å². The lowest BCUT2D eigenvalue weighted by Crippen LogP contribution is -2.40. The molecule has 1 heterocycles. The molecule has 0 aromatic heterocycles. The number of amides is 2. The van der Waals surface area contributed by atoms with Gasteiger partial charge in [-0.1, -0.05) is 26.8 Å². The second-order valence-electron chi connectivity index (χ2n) is 5.47. The fourth-order valence-electron chi connectivity index (χ4n) is 3.01. The number of imide groups is 1. The molecule has 19 heavy (non-hydrogen) atoms. The van der Waals surface area contributed by atoms with Crippen molar-refractivity contribution in [2.24, 2.45) is 17.8 Å². The van der Waals surface area contributed by atoms with Gasteiger partial charge in [0.05, 0.1) is 6.61 Å². The molecule has 0 aliphatic carbocycles. The third kappa shape index (κ3) is 3.17. The highest BCUT2D eigenvalue weighted by molar-refractivity contribution is 5.96. The first-order valence-electron chi connectivity index (χ1n) is 7.06. The van der Waals surface area contributed by atoms with Gasteiger partial charge in [0.2, 0.25) is 5.91 Å². The van der Waals surface area contributed by atoms with Gasteiger partial charge in [-0.3, -0.25) is 4.79 Å². The summed E-state index contributed by atoms with van der Waals surface area (Å²) in [4.78, 5) is 25.8. The molecule has 0 aromatic rings. The molecule has 1 saturated heterocycles. The molecule has 0 unspecified atom stereocenters. The summed E-state index contributed by atoms with van der Waals surface area (Å²) in [6, 6.07) is -0.0723. The molecule has 0 radical (unpaired) electrons. The van der Waals surface area contributed by atoms with Crippen LogP contribution in [0, 0.1) is 17.8 Å². The van der Waals surface area contributed by atoms with E-state index in [9.17, 15) is 9.59 Å². The molecule has 0 bridgehead atoms. The van der Waals surface area contributed by atoms with Gasteiger partial charge < -0.3 is 4.74 Å². The summed E-state index contributed by atoms with van der Waals surface area (Å²) in [5, 5.41) is 0. The summed E-state index contributed by atoms with van der Waals surface area (Å²) >= 11 is 0. The Balaban J connectivity index is 2.97. The van der Waals surface area contributed by atoms with Gasteiger partial charge >= 0.3 is 6.09 Å². The maximum atomic E-state index is 12.4. The zero-order chi connectivity index (χ0) is 14.6. The van der Waals surface area contributed by atoms with Crippen molar-refractivity contribution in [2.45, 2.75) is 46.6 Å². The molecule has 108 valence electrons. The van der Waals surface area contributed by atoms with Crippen LogP contribution in [0.1, 0.15) is 40.5 Å². The first-order chi connectivity index (χ1) is 8.95. The van der Waals surface area contributed by atoms with Crippen LogP contribution in [-0.2, 0) is 9.53 Å². The van der Waals surface area contributed by atoms with Crippen molar-refractivity contribution in [3.8, 4) is 0 Å². The van der Waals surface area contributed by atoms with Gasteiger partial charge in [0, 0.05) is 12.0 Å². The number of carbonyl (C=O) groups excluding carboxylic acids is 2. The molecule has 4 heteroatoms. The number of hydrogen-bond acceptors (Lipinski definition) is 3. The number of hydrogen-bond donors (Lipinski definition) is 0. The largest absolute Gasteiger partial charge is 0.449 e. The van der Waals surface area contributed by atoms with E-state index in [0.717, 1.165) is 12.8 Å². The number of ether oxygens (including phenoxy) is 1. The molecule has 1 aliphatic rings. The zero-order valence-electron chi connectivity index (χ0n) is 12.4. The van der Waals surface area contributed by atoms with Crippen LogP contribution in [0.15, 0.2) is 12.7 Å². The molecule has 0 N–H and O–H groups in total. The van der Waals surface area contributed by atoms with Gasteiger partial charge in [-0.05, 0) is 31.6 Å². The summed E-state index contributed by atoms with van der Waals surface area (Å²) in [5.74, 6) is 0.208. The molecule has 1 fully saturated rings. The lowest BCUT2D eigenvalue weighted by molar-refractivity contribution is -0.131. The Labute approximate surface area is 115 Å². The van der Waals surface area contributed by atoms with Crippen molar-refractivity contribution in [3.63, 3.8) is 0 Å². The number of allylic oxidation sites excluding steroid dienone is 1. The predicted molar refractivity (Wildman–Crippen MR) is 74.6 cm³/mol. The summed E-state index contributed by atoms with van der Waals surface area (Å²) < 4.78 is 5.02. The SMILES string of the molecule is C=CCC[C@H]1[C@H](C)[C@@H](C(C)C)C(=O)N1C(=O)OCC. The van der Waals surface area contributed by atoms with Gasteiger partial charge in [0.1, 0.15) is 0 Å². The summed E-state index contributed by atoms with van der Waals surface area (Å²) in [5.41, 5.74) is 0. The molecule has 1 aliphatic heterocycles. The van der Waals surface area contributed by atoms with Crippen molar-refractivity contribution < 1.29 is 14.3 Å². The quantitative estimate of drug-likeness (QED) is 0.718. The van der Waals surface area contributed by atoms with Crippen molar-refractivity contribution in [1.29, 1.82) is 0 Å². The second kappa shape index (κ2) is 6.73. The van der Waals surface area contributed by atoms with E-state index in [2.05, 4.69) is 13.5 Å². The van der Waals surface area contributed by atoms with E-state index in [4.69, 9.17) is 4.74 Å². The third-order valence-corrected chi connectivity index (χ3v) is 3.88. The number of rotatable bonds is 5. The minimum Gasteiger partial charge on any atom is -0.449 e. The monoisotopic (exact) mass is 267 g/mol. The van der Waals surface area contributed by atoms with E-state index < -0.39 is 6.09 Å². The number of carbonyl (C=O) groups is 2. The third-order valence-electron chi connectivity index (χ3n) is 3.88. The van der Waals surface area contributed by atoms with Crippen LogP contribution in [0.5, 0.6) is 0 Å². The average molecular weight is 267 g/mol. The Bertz CT molecular complexity index is 351. The van der Waals surface area contributed by atoms with Gasteiger partial charge in [0.15, 0.2) is 0 Å². The Morgan fingerprint density at radius 3 is 2.63 bits per heavy atom. The highest BCUT2D eigenvalue weighted by Gasteiger charge is 2.49. The fourth-order valence-corrected chi connectivity index (χ4v) is 3.01. The molecule has 2 amide bonds. The molecule has 0 aromatic carbocycles. The Hall–Kier alpha value is -1.32. The van der Waals surface area contributed by atoms with Crippen molar-refractivity contribution in [3.05, 3.63) is 12.7 Å². The van der Waals surface area contributed by atoms with Crippen molar-refractivity contribution in [1.82, 2.24) is 4.90 Å². The standard InChI is InChI=1S/C15H25NO3/c1-6-8-9-12-11(5)13(10(3)4)14(17)16(12)15(18)19-7-2/h6,10-13H,1,7-9H2,2-5H3/t11-,12-,13+/m0/s1. The summed E-state index contributed by atoms with van der Waals surface area (Å²) in [7, 11) is 0. The lowest BCUT2D eigenvalue weighted by Gasteiger charge is -2.24. The fraction of sp³-hybridized carbons (Fsp3) is 0.733. The molecule has 0 saturated carbocycles. The van der Waals surface area contributed by atoms with E-state index in [0.29, 0.717) is 0 Å². The van der Waals surface area contributed by atoms with Crippen LogP contribution >= 0.6 is 0 Å². The number of likely N-dealkylation sites (tertiary alicyclic amines) is 1. The maximum Gasteiger partial charge on any atom is 0.416 e. The van der Waals surface area contributed by atoms with E-state index in [-0.39, 0.29) is 36.3 Å². The minimum atomic E-state index is -0.503. The average Bonchev–Trinajstić information content (AvgIpc) is 2.58. The number of nitrogens with zero attached hydrogens (tertiary/aromatic N) is 1. The topological polar surface area (TPSA) is 46.6 Å². The molecule has 0 spiro atoms. The Morgan fingerprint density at radius 1 is 1.53 bits per heavy atom. The van der Waals surface area contributed by atoms with Gasteiger partial charge in [-0.2, -0.15) is 0 Å². The highest BCUT2D eigenvalue weighted by Crippen LogP contribution is 2.38. The summed E-state index contributed by atoms with van der Waals surface area (Å²) in [6.45, 7) is 11.8. The highest BCUT2D eigenvalue weighted by atomic mass is 16.6.